The van der Waals surface area contributed by atoms with Crippen LogP contribution in [0.25, 0.3) is 0 Å². The summed E-state index contributed by atoms with van der Waals surface area (Å²) in [6, 6.07) is 11.9. The molecule has 0 fully saturated rings. The summed E-state index contributed by atoms with van der Waals surface area (Å²) in [5.74, 6) is 7.11. The lowest BCUT2D eigenvalue weighted by Gasteiger charge is -2.05. The number of benzene rings is 2. The predicted molar refractivity (Wildman–Crippen MR) is 107 cm³/mol. The van der Waals surface area contributed by atoms with E-state index in [0.29, 0.717) is 22.1 Å². The molecule has 2 aromatic carbocycles. The fourth-order valence-electron chi connectivity index (χ4n) is 2.30. The van der Waals surface area contributed by atoms with Crippen molar-refractivity contribution in [2.75, 3.05) is 11.6 Å². The topological polar surface area (TPSA) is 148 Å². The molecule has 1 heterocycles. The highest BCUT2D eigenvalue weighted by Gasteiger charge is 2.20. The minimum atomic E-state index is -4.33. The number of halogens is 1. The van der Waals surface area contributed by atoms with Crippen molar-refractivity contribution >= 4 is 33.2 Å². The first-order valence-corrected chi connectivity index (χ1v) is 10.1. The lowest BCUT2D eigenvalue weighted by Crippen LogP contribution is -2.48. The number of anilines is 1. The fraction of sp³-hybridized carbons (Fsp3) is 0.167. The number of hydrogen-bond donors (Lipinski definition) is 2. The zero-order valence-electron chi connectivity index (χ0n) is 15.7. The van der Waals surface area contributed by atoms with E-state index in [9.17, 15) is 17.8 Å². The van der Waals surface area contributed by atoms with E-state index in [-0.39, 0.29) is 17.2 Å². The molecule has 3 aromatic rings. The summed E-state index contributed by atoms with van der Waals surface area (Å²) in [7, 11) is -4.33. The van der Waals surface area contributed by atoms with Crippen molar-refractivity contribution in [3.05, 3.63) is 70.8 Å². The van der Waals surface area contributed by atoms with Gasteiger partial charge in [-0.1, -0.05) is 11.6 Å². The Bertz CT molecular complexity index is 1110. The normalized spacial score (nSPS) is 10.9. The molecule has 0 aliphatic rings. The van der Waals surface area contributed by atoms with Crippen LogP contribution in [-0.4, -0.2) is 28.5 Å². The zero-order valence-corrected chi connectivity index (χ0v) is 17.3. The molecule has 154 valence electrons. The Morgan fingerprint density at radius 3 is 2.14 bits per heavy atom. The van der Waals surface area contributed by atoms with Gasteiger partial charge in [0, 0.05) is 35.2 Å². The van der Waals surface area contributed by atoms with Crippen molar-refractivity contribution in [2.24, 2.45) is 0 Å². The molecule has 0 unspecified atom stereocenters. The molecule has 9 nitrogen and oxygen atoms in total. The molecule has 0 saturated heterocycles. The Morgan fingerprint density at radius 1 is 1.14 bits per heavy atom. The number of nitrogens with two attached hydrogens (primary N) is 2. The highest BCUT2D eigenvalue weighted by atomic mass is 35.5. The second-order valence-corrected chi connectivity index (χ2v) is 7.89. The fourth-order valence-corrected chi connectivity index (χ4v) is 2.90. The Labute approximate surface area is 173 Å². The van der Waals surface area contributed by atoms with Crippen LogP contribution in [-0.2, 0) is 16.7 Å². The van der Waals surface area contributed by atoms with Crippen LogP contribution in [0.5, 0.6) is 0 Å². The molecule has 0 radical (unpaired) electrons. The number of nitrogen functional groups attached to an aromatic ring is 2. The molecular formula is C18H20ClN5O4S. The van der Waals surface area contributed by atoms with E-state index >= 15 is 0 Å². The summed E-state index contributed by atoms with van der Waals surface area (Å²) in [6.07, 6.45) is 0. The summed E-state index contributed by atoms with van der Waals surface area (Å²) < 4.78 is 34.1. The van der Waals surface area contributed by atoms with Crippen molar-refractivity contribution in [3.63, 3.8) is 0 Å². The molecular weight excluding hydrogens is 418 g/mol. The molecule has 0 spiro atoms. The van der Waals surface area contributed by atoms with Crippen LogP contribution >= 0.6 is 11.6 Å². The maximum atomic E-state index is 12.0. The van der Waals surface area contributed by atoms with Crippen LogP contribution < -0.4 is 16.3 Å². The smallest absolute Gasteiger partial charge is 0.295 e. The van der Waals surface area contributed by atoms with E-state index in [1.165, 1.54) is 28.9 Å². The quantitative estimate of drug-likeness (QED) is 0.205. The van der Waals surface area contributed by atoms with E-state index < -0.39 is 10.1 Å². The lowest BCUT2D eigenvalue weighted by atomic mass is 10.1. The van der Waals surface area contributed by atoms with Gasteiger partial charge in [-0.15, -0.1) is 9.36 Å². The summed E-state index contributed by atoms with van der Waals surface area (Å²) in [5, 5.41) is 4.81. The van der Waals surface area contributed by atoms with E-state index in [2.05, 4.69) is 5.10 Å². The number of Topliss-reactive ketones (excluding diaryl/α,β-unsaturated/α-hetero) is 1. The van der Waals surface area contributed by atoms with Crippen molar-refractivity contribution < 1.29 is 22.4 Å². The number of carbonyl (C=O) groups is 1. The molecule has 0 atom stereocenters. The van der Waals surface area contributed by atoms with Gasteiger partial charge in [0.1, 0.15) is 10.1 Å². The number of aryl methyl sites for hydroxylation is 1. The Hall–Kier alpha value is -2.95. The highest BCUT2D eigenvalue weighted by molar-refractivity contribution is 7.85. The van der Waals surface area contributed by atoms with E-state index in [1.807, 2.05) is 6.92 Å². The molecule has 0 aliphatic carbocycles. The predicted octanol–water partition coefficient (Wildman–Crippen LogP) is 1.21. The Morgan fingerprint density at radius 2 is 1.69 bits per heavy atom. The van der Waals surface area contributed by atoms with Crippen LogP contribution in [0.15, 0.2) is 53.4 Å². The van der Waals surface area contributed by atoms with Gasteiger partial charge >= 0.3 is 0 Å². The van der Waals surface area contributed by atoms with Gasteiger partial charge in [0.25, 0.3) is 11.6 Å². The molecule has 0 saturated carbocycles. The van der Waals surface area contributed by atoms with Gasteiger partial charge in [-0.2, -0.15) is 0 Å². The molecule has 0 amide bonds. The summed E-state index contributed by atoms with van der Waals surface area (Å²) in [4.78, 5) is 11.8. The molecule has 0 aliphatic heterocycles. The van der Waals surface area contributed by atoms with Gasteiger partial charge < -0.3 is 10.3 Å². The van der Waals surface area contributed by atoms with Crippen molar-refractivity contribution in [2.45, 2.75) is 25.3 Å². The third kappa shape index (κ3) is 6.01. The first kappa shape index (κ1) is 22.3. The summed E-state index contributed by atoms with van der Waals surface area (Å²) in [6.45, 7) is 3.77. The Kier molecular flexibility index (Phi) is 6.96. The molecule has 4 N–H and O–H groups in total. The van der Waals surface area contributed by atoms with Crippen molar-refractivity contribution in [3.8, 4) is 0 Å². The minimum Gasteiger partial charge on any atom is -0.744 e. The van der Waals surface area contributed by atoms with Gasteiger partial charge in [-0.3, -0.25) is 10.6 Å². The van der Waals surface area contributed by atoms with Crippen LogP contribution in [0.3, 0.4) is 0 Å². The number of ketones is 1. The summed E-state index contributed by atoms with van der Waals surface area (Å²) >= 11 is 5.78. The highest BCUT2D eigenvalue weighted by Crippen LogP contribution is 2.11. The second kappa shape index (κ2) is 9.03. The second-order valence-electron chi connectivity index (χ2n) is 6.08. The zero-order chi connectivity index (χ0) is 21.8. The molecule has 0 bridgehead atoms. The SMILES string of the molecule is Cc1nn(CC(=O)c2ccc(Cl)cc2)c(C)[n+]1N.Nc1ccc(S(=O)(=O)[O-])cc1. The third-order valence-electron chi connectivity index (χ3n) is 3.96. The van der Waals surface area contributed by atoms with E-state index in [1.54, 1.807) is 35.9 Å². The first-order chi connectivity index (χ1) is 13.5. The minimum absolute atomic E-state index is 0.0298. The molecule has 3 rings (SSSR count). The van der Waals surface area contributed by atoms with Crippen molar-refractivity contribution in [1.29, 1.82) is 0 Å². The number of carbonyl (C=O) groups excluding carboxylic acids is 1. The number of hydrogen-bond acceptors (Lipinski definition) is 7. The van der Waals surface area contributed by atoms with Gasteiger partial charge in [-0.25, -0.2) is 8.42 Å². The largest absolute Gasteiger partial charge is 0.744 e. The average molecular weight is 438 g/mol. The molecule has 29 heavy (non-hydrogen) atoms. The first-order valence-electron chi connectivity index (χ1n) is 8.30. The summed E-state index contributed by atoms with van der Waals surface area (Å²) in [5.41, 5.74) is 6.31. The van der Waals surface area contributed by atoms with Crippen LogP contribution in [0.2, 0.25) is 5.02 Å². The number of nitrogens with zero attached hydrogens (tertiary/aromatic N) is 3. The van der Waals surface area contributed by atoms with Crippen LogP contribution in [0.4, 0.5) is 5.69 Å². The molecule has 11 heteroatoms. The van der Waals surface area contributed by atoms with Crippen molar-refractivity contribution in [1.82, 2.24) is 9.78 Å². The van der Waals surface area contributed by atoms with E-state index in [4.69, 9.17) is 23.2 Å². The number of aromatic nitrogens is 3. The average Bonchev–Trinajstić information content (AvgIpc) is 2.89. The number of rotatable bonds is 4. The van der Waals surface area contributed by atoms with Gasteiger partial charge in [-0.05, 0) is 48.5 Å². The van der Waals surface area contributed by atoms with E-state index in [0.717, 1.165) is 5.82 Å². The van der Waals surface area contributed by atoms with Gasteiger partial charge in [0.05, 0.1) is 4.90 Å². The Balaban J connectivity index is 0.000000234. The van der Waals surface area contributed by atoms with Crippen LogP contribution in [0.1, 0.15) is 22.0 Å². The third-order valence-corrected chi connectivity index (χ3v) is 5.07. The monoisotopic (exact) mass is 437 g/mol. The standard InChI is InChI=1S/C12H14ClN4O.C6H7NO3S/c1-8-15-16(9(2)17(8)14)7-12(18)10-3-5-11(13)6-4-10;7-5-1-3-6(4-2-5)11(8,9)10/h3-6H,7,14H2,1-2H3;1-4H,7H2,(H,8,9,10)/q+1;/p-1. The molecule has 1 aromatic heterocycles. The van der Waals surface area contributed by atoms with Gasteiger partial charge in [0.15, 0.2) is 12.3 Å². The lowest BCUT2D eigenvalue weighted by molar-refractivity contribution is -0.652. The maximum Gasteiger partial charge on any atom is 0.295 e. The maximum absolute atomic E-state index is 12.0. The van der Waals surface area contributed by atoms with Gasteiger partial charge in [0.2, 0.25) is 0 Å². The van der Waals surface area contributed by atoms with Crippen LogP contribution in [0, 0.1) is 13.8 Å².